The summed E-state index contributed by atoms with van der Waals surface area (Å²) in [7, 11) is 0. The third-order valence-electron chi connectivity index (χ3n) is 9.57. The second-order valence-electron chi connectivity index (χ2n) is 12.6. The van der Waals surface area contributed by atoms with Gasteiger partial charge in [-0.3, -0.25) is 0 Å². The molecule has 1 atom stereocenters. The van der Waals surface area contributed by atoms with Crippen LogP contribution in [0.4, 0.5) is 5.88 Å². The zero-order valence-electron chi connectivity index (χ0n) is 26.9. The van der Waals surface area contributed by atoms with Gasteiger partial charge in [-0.2, -0.15) is 0 Å². The molecule has 0 bridgehead atoms. The number of nitrogens with zero attached hydrogens (tertiary/aromatic N) is 2. The van der Waals surface area contributed by atoms with E-state index in [-0.39, 0.29) is 6.17 Å². The third kappa shape index (κ3) is 4.72. The molecule has 50 heavy (non-hydrogen) atoms. The van der Waals surface area contributed by atoms with Crippen LogP contribution in [0.2, 0.25) is 0 Å². The Labute approximate surface area is 288 Å². The Kier molecular flexibility index (Phi) is 6.52. The first-order valence-corrected chi connectivity index (χ1v) is 16.8. The number of fused-ring (bicyclic) bond motifs is 6. The summed E-state index contributed by atoms with van der Waals surface area (Å²) in [4.78, 5) is 10.7. The highest BCUT2D eigenvalue weighted by atomic mass is 16.4. The Bertz CT molecular complexity index is 2680. The smallest absolute Gasteiger partial charge is 0.201 e. The number of hydrogen-bond acceptors (Lipinski definition) is 6. The van der Waals surface area contributed by atoms with Crippen LogP contribution in [0, 0.1) is 0 Å². The predicted octanol–water partition coefficient (Wildman–Crippen LogP) is 10.6. The first-order chi connectivity index (χ1) is 24.8. The summed E-state index contributed by atoms with van der Waals surface area (Å²) in [6.45, 7) is 0.710. The Morgan fingerprint density at radius 2 is 1.38 bits per heavy atom. The van der Waals surface area contributed by atoms with Gasteiger partial charge in [0, 0.05) is 39.4 Å². The van der Waals surface area contributed by atoms with E-state index in [0.717, 1.165) is 89.1 Å². The molecule has 0 saturated carbocycles. The minimum atomic E-state index is -0.375. The molecule has 10 rings (SSSR count). The van der Waals surface area contributed by atoms with Crippen molar-refractivity contribution in [1.29, 1.82) is 0 Å². The van der Waals surface area contributed by atoms with E-state index in [9.17, 15) is 0 Å². The number of amidine groups is 2. The number of rotatable bonds is 5. The molecular weight excluding hydrogens is 617 g/mol. The molecule has 0 fully saturated rings. The second kappa shape index (κ2) is 11.5. The lowest BCUT2D eigenvalue weighted by Crippen LogP contribution is -2.33. The fourth-order valence-corrected chi connectivity index (χ4v) is 7.19. The van der Waals surface area contributed by atoms with Gasteiger partial charge in [0.15, 0.2) is 5.84 Å². The molecule has 0 saturated heterocycles. The van der Waals surface area contributed by atoms with Crippen molar-refractivity contribution in [2.45, 2.75) is 6.17 Å². The molecule has 2 aromatic heterocycles. The van der Waals surface area contributed by atoms with Crippen molar-refractivity contribution in [2.24, 2.45) is 9.98 Å². The van der Waals surface area contributed by atoms with Crippen molar-refractivity contribution < 1.29 is 8.83 Å². The first kappa shape index (κ1) is 28.4. The highest BCUT2D eigenvalue weighted by Crippen LogP contribution is 2.41. The normalized spacial score (nSPS) is 15.4. The minimum Gasteiger partial charge on any atom is -0.456 e. The van der Waals surface area contributed by atoms with Crippen LogP contribution in [-0.4, -0.2) is 18.2 Å². The van der Waals surface area contributed by atoms with E-state index in [0.29, 0.717) is 12.4 Å². The van der Waals surface area contributed by atoms with E-state index in [4.69, 9.17) is 18.8 Å². The van der Waals surface area contributed by atoms with Crippen molar-refractivity contribution in [1.82, 2.24) is 5.32 Å². The fraction of sp³-hybridized carbons (Fsp3) is 0.0455. The molecule has 6 nitrogen and oxygen atoms in total. The number of aliphatic imine (C=N–C) groups is 2. The summed E-state index contributed by atoms with van der Waals surface area (Å²) >= 11 is 0. The maximum atomic E-state index is 6.41. The number of nitrogens with one attached hydrogen (secondary N) is 2. The van der Waals surface area contributed by atoms with Crippen molar-refractivity contribution in [3.8, 4) is 22.3 Å². The molecule has 6 aromatic carbocycles. The Hall–Kier alpha value is -6.66. The fourth-order valence-electron chi connectivity index (χ4n) is 7.19. The van der Waals surface area contributed by atoms with Gasteiger partial charge in [0.2, 0.25) is 5.88 Å². The number of anilines is 1. The van der Waals surface area contributed by atoms with Crippen LogP contribution in [0.15, 0.2) is 164 Å². The molecule has 8 aromatic rings. The lowest BCUT2D eigenvalue weighted by atomic mass is 9.91. The maximum Gasteiger partial charge on any atom is 0.201 e. The van der Waals surface area contributed by atoms with Crippen molar-refractivity contribution >= 4 is 56.5 Å². The molecule has 2 aliphatic heterocycles. The SMILES string of the molecule is C1=Cc2c(oc3ccc(-c4cccc(-c5ccccc5)c4)c(C4=NC(c5ccccc5)NC(c5ccc6c(c5)oc5ccccc56)=N4)c23)NC1. The van der Waals surface area contributed by atoms with Gasteiger partial charge in [0.05, 0.1) is 0 Å². The zero-order valence-corrected chi connectivity index (χ0v) is 26.9. The van der Waals surface area contributed by atoms with Crippen molar-refractivity contribution in [3.63, 3.8) is 0 Å². The summed E-state index contributed by atoms with van der Waals surface area (Å²) in [5, 5.41) is 10.2. The monoisotopic (exact) mass is 646 g/mol. The van der Waals surface area contributed by atoms with E-state index < -0.39 is 0 Å². The summed E-state index contributed by atoms with van der Waals surface area (Å²) < 4.78 is 12.7. The van der Waals surface area contributed by atoms with Crippen LogP contribution in [0.3, 0.4) is 0 Å². The average Bonchev–Trinajstić information content (AvgIpc) is 3.76. The van der Waals surface area contributed by atoms with Crippen LogP contribution in [0.1, 0.15) is 28.4 Å². The molecule has 4 heterocycles. The van der Waals surface area contributed by atoms with Gasteiger partial charge in [-0.15, -0.1) is 0 Å². The summed E-state index contributed by atoms with van der Waals surface area (Å²) in [5.41, 5.74) is 10.7. The number of benzene rings is 6. The van der Waals surface area contributed by atoms with Crippen molar-refractivity contribution in [3.05, 3.63) is 168 Å². The van der Waals surface area contributed by atoms with Gasteiger partial charge in [-0.1, -0.05) is 115 Å². The molecule has 1 unspecified atom stereocenters. The maximum absolute atomic E-state index is 6.41. The lowest BCUT2D eigenvalue weighted by molar-refractivity contribution is 0.628. The minimum absolute atomic E-state index is 0.375. The topological polar surface area (TPSA) is 75.1 Å². The van der Waals surface area contributed by atoms with E-state index in [1.54, 1.807) is 0 Å². The van der Waals surface area contributed by atoms with Crippen LogP contribution in [0.5, 0.6) is 0 Å². The van der Waals surface area contributed by atoms with Gasteiger partial charge in [0.1, 0.15) is 28.8 Å². The quantitative estimate of drug-likeness (QED) is 0.195. The predicted molar refractivity (Wildman–Crippen MR) is 204 cm³/mol. The molecule has 6 heteroatoms. The highest BCUT2D eigenvalue weighted by Gasteiger charge is 2.28. The van der Waals surface area contributed by atoms with Crippen LogP contribution >= 0.6 is 0 Å². The number of para-hydroxylation sites is 1. The number of furan rings is 2. The van der Waals surface area contributed by atoms with E-state index in [1.165, 1.54) is 0 Å². The summed E-state index contributed by atoms with van der Waals surface area (Å²) in [6, 6.07) is 48.1. The summed E-state index contributed by atoms with van der Waals surface area (Å²) in [6.07, 6.45) is 3.89. The molecule has 0 spiro atoms. The molecule has 2 aliphatic rings. The first-order valence-electron chi connectivity index (χ1n) is 16.8. The van der Waals surface area contributed by atoms with Crippen LogP contribution in [-0.2, 0) is 0 Å². The molecule has 0 aliphatic carbocycles. The molecule has 0 radical (unpaired) electrons. The zero-order chi connectivity index (χ0) is 33.0. The third-order valence-corrected chi connectivity index (χ3v) is 9.57. The van der Waals surface area contributed by atoms with Crippen molar-refractivity contribution in [2.75, 3.05) is 11.9 Å². The van der Waals surface area contributed by atoms with Crippen LogP contribution in [0.25, 0.3) is 61.2 Å². The molecule has 0 amide bonds. The summed E-state index contributed by atoms with van der Waals surface area (Å²) in [5.74, 6) is 2.11. The molecule has 2 N–H and O–H groups in total. The van der Waals surface area contributed by atoms with Gasteiger partial charge in [0.25, 0.3) is 0 Å². The lowest BCUT2D eigenvalue weighted by Gasteiger charge is -2.25. The van der Waals surface area contributed by atoms with Crippen LogP contribution < -0.4 is 10.6 Å². The number of hydrogen-bond donors (Lipinski definition) is 2. The van der Waals surface area contributed by atoms with Gasteiger partial charge >= 0.3 is 0 Å². The standard InChI is InChI=1S/C44H30N4O2/c1-3-11-27(12-4-1)29-15-9-16-30(25-29)32-22-23-37-39(35-18-10-24-45-44(35)50-37)40(32)43-47-41(28-13-5-2-6-14-28)46-42(48-43)31-20-21-34-33-17-7-8-19-36(33)49-38(34)26-31/h1-23,25-26,41,45H,24H2,(H,46,47,48). The Balaban J connectivity index is 1.21. The largest absolute Gasteiger partial charge is 0.456 e. The average molecular weight is 647 g/mol. The highest BCUT2D eigenvalue weighted by molar-refractivity contribution is 6.22. The molecule has 238 valence electrons. The van der Waals surface area contributed by atoms with Gasteiger partial charge < -0.3 is 19.5 Å². The Morgan fingerprint density at radius 3 is 2.28 bits per heavy atom. The van der Waals surface area contributed by atoms with E-state index >= 15 is 0 Å². The van der Waals surface area contributed by atoms with Gasteiger partial charge in [-0.25, -0.2) is 9.98 Å². The van der Waals surface area contributed by atoms with E-state index in [1.807, 2.05) is 42.5 Å². The molecular formula is C44H30N4O2. The second-order valence-corrected chi connectivity index (χ2v) is 12.6. The Morgan fingerprint density at radius 1 is 0.600 bits per heavy atom. The van der Waals surface area contributed by atoms with Gasteiger partial charge in [-0.05, 0) is 64.2 Å². The van der Waals surface area contributed by atoms with E-state index in [2.05, 4.69) is 120 Å².